The topological polar surface area (TPSA) is 147 Å². The maximum Gasteiger partial charge on any atom is 0.471 e. The molecule has 0 aliphatic rings. The smallest absolute Gasteiger partial charge is 0.471 e. The van der Waals surface area contributed by atoms with Gasteiger partial charge in [-0.25, -0.2) is 14.6 Å². The number of aromatic hydroxyl groups is 1. The number of rotatable bonds is 9. The van der Waals surface area contributed by atoms with Crippen LogP contribution in [0.1, 0.15) is 22.9 Å². The molecule has 0 saturated heterocycles. The number of aliphatic carboxylic acids is 1. The standard InChI is InChI=1S/C22H16F3N3O7S/c23-22(24,25)20(33)27-21-26-14(11-36-21)17(19(31)32)28-34-10-16(30)35-18(12-6-2-1-3-7-12)13-8-4-5-9-15(13)29/h1-9,11,18,29H,10H2,(H,31,32)(H,26,27,33). The van der Waals surface area contributed by atoms with Crippen molar-refractivity contribution in [2.45, 2.75) is 12.3 Å². The van der Waals surface area contributed by atoms with Crippen LogP contribution in [-0.2, 0) is 24.0 Å². The molecule has 3 aromatic rings. The van der Waals surface area contributed by atoms with Crippen LogP contribution in [0.4, 0.5) is 18.3 Å². The van der Waals surface area contributed by atoms with E-state index >= 15 is 0 Å². The summed E-state index contributed by atoms with van der Waals surface area (Å²) in [5.74, 6) is -5.02. The van der Waals surface area contributed by atoms with Crippen molar-refractivity contribution in [2.75, 3.05) is 11.9 Å². The summed E-state index contributed by atoms with van der Waals surface area (Å²) < 4.78 is 42.5. The maximum absolute atomic E-state index is 12.4. The summed E-state index contributed by atoms with van der Waals surface area (Å²) in [6.07, 6.45) is -6.17. The van der Waals surface area contributed by atoms with Crippen molar-refractivity contribution in [2.24, 2.45) is 5.16 Å². The number of phenolic OH excluding ortho intramolecular Hbond substituents is 1. The van der Waals surface area contributed by atoms with Gasteiger partial charge in [0.1, 0.15) is 11.4 Å². The highest BCUT2D eigenvalue weighted by Crippen LogP contribution is 2.32. The summed E-state index contributed by atoms with van der Waals surface area (Å²) in [7, 11) is 0. The molecule has 1 amide bonds. The number of alkyl halides is 3. The summed E-state index contributed by atoms with van der Waals surface area (Å²) in [5, 5.41) is 24.8. The number of benzene rings is 2. The van der Waals surface area contributed by atoms with E-state index in [0.717, 1.165) is 5.38 Å². The van der Waals surface area contributed by atoms with Crippen LogP contribution in [0, 0.1) is 0 Å². The summed E-state index contributed by atoms with van der Waals surface area (Å²) in [4.78, 5) is 43.3. The maximum atomic E-state index is 12.4. The number of esters is 1. The molecule has 3 rings (SSSR count). The number of oxime groups is 1. The lowest BCUT2D eigenvalue weighted by molar-refractivity contribution is -0.167. The monoisotopic (exact) mass is 523 g/mol. The lowest BCUT2D eigenvalue weighted by atomic mass is 10.0. The summed E-state index contributed by atoms with van der Waals surface area (Å²) in [6, 6.07) is 14.7. The molecular formula is C22H16F3N3O7S. The normalized spacial score (nSPS) is 12.5. The van der Waals surface area contributed by atoms with Gasteiger partial charge in [0.2, 0.25) is 12.3 Å². The average molecular weight is 523 g/mol. The number of carbonyl (C=O) groups is 3. The lowest BCUT2D eigenvalue weighted by Gasteiger charge is -2.19. The minimum absolute atomic E-state index is 0.122. The number of hydrogen-bond donors (Lipinski definition) is 3. The molecule has 0 bridgehead atoms. The number of nitrogens with one attached hydrogen (secondary N) is 1. The van der Waals surface area contributed by atoms with Gasteiger partial charge in [-0.2, -0.15) is 13.2 Å². The van der Waals surface area contributed by atoms with Crippen LogP contribution in [0.15, 0.2) is 65.1 Å². The number of phenols is 1. The summed E-state index contributed by atoms with van der Waals surface area (Å²) in [6.45, 7) is -0.838. The molecule has 14 heteroatoms. The SMILES string of the molecule is O=C(CON=C(C(=O)O)c1csc(NC(=O)C(F)(F)F)n1)OC(c1ccccc1)c1ccccc1O. The van der Waals surface area contributed by atoms with Gasteiger partial charge in [0.25, 0.3) is 0 Å². The Balaban J connectivity index is 1.70. The number of thiazole rings is 1. The molecule has 0 spiro atoms. The van der Waals surface area contributed by atoms with Gasteiger partial charge in [-0.1, -0.05) is 53.7 Å². The van der Waals surface area contributed by atoms with E-state index in [1.807, 2.05) is 0 Å². The largest absolute Gasteiger partial charge is 0.508 e. The van der Waals surface area contributed by atoms with Crippen molar-refractivity contribution < 1.29 is 47.3 Å². The molecule has 1 aromatic heterocycles. The van der Waals surface area contributed by atoms with E-state index in [9.17, 15) is 37.8 Å². The Morgan fingerprint density at radius 3 is 2.39 bits per heavy atom. The molecule has 2 aromatic carbocycles. The Morgan fingerprint density at radius 1 is 1.08 bits per heavy atom. The highest BCUT2D eigenvalue weighted by Gasteiger charge is 2.39. The minimum atomic E-state index is -5.16. The van der Waals surface area contributed by atoms with Crippen LogP contribution in [0.5, 0.6) is 5.75 Å². The number of carboxylic acid groups (broad SMARTS) is 1. The van der Waals surface area contributed by atoms with Crippen LogP contribution >= 0.6 is 11.3 Å². The molecule has 0 aliphatic carbocycles. The van der Waals surface area contributed by atoms with Gasteiger partial charge in [0, 0.05) is 10.9 Å². The zero-order valence-corrected chi connectivity index (χ0v) is 18.7. The van der Waals surface area contributed by atoms with Crippen molar-refractivity contribution in [3.63, 3.8) is 0 Å². The number of amides is 1. The second kappa shape index (κ2) is 11.3. The van der Waals surface area contributed by atoms with Gasteiger partial charge < -0.3 is 19.8 Å². The first-order valence-corrected chi connectivity index (χ1v) is 10.7. The number of carboxylic acids is 1. The predicted octanol–water partition coefficient (Wildman–Crippen LogP) is 3.49. The predicted molar refractivity (Wildman–Crippen MR) is 119 cm³/mol. The van der Waals surface area contributed by atoms with Gasteiger partial charge in [-0.05, 0) is 11.6 Å². The molecule has 1 unspecified atom stereocenters. The van der Waals surface area contributed by atoms with Crippen LogP contribution in [-0.4, -0.2) is 51.5 Å². The Hall–Kier alpha value is -4.46. The number of anilines is 1. The fraction of sp³-hybridized carbons (Fsp3) is 0.136. The summed E-state index contributed by atoms with van der Waals surface area (Å²) >= 11 is 0.526. The Bertz CT molecular complexity index is 1280. The quantitative estimate of drug-likeness (QED) is 0.219. The van der Waals surface area contributed by atoms with Gasteiger partial charge in [-0.15, -0.1) is 11.3 Å². The molecule has 0 radical (unpaired) electrons. The van der Waals surface area contributed by atoms with Crippen LogP contribution < -0.4 is 5.32 Å². The minimum Gasteiger partial charge on any atom is -0.508 e. The fourth-order valence-corrected chi connectivity index (χ4v) is 3.46. The fourth-order valence-electron chi connectivity index (χ4n) is 2.77. The van der Waals surface area contributed by atoms with Crippen LogP contribution in [0.3, 0.4) is 0 Å². The highest BCUT2D eigenvalue weighted by molar-refractivity contribution is 7.14. The van der Waals surface area contributed by atoms with Crippen LogP contribution in [0.25, 0.3) is 0 Å². The third-order valence-corrected chi connectivity index (χ3v) is 5.09. The molecule has 1 atom stereocenters. The van der Waals surface area contributed by atoms with Gasteiger partial charge >= 0.3 is 24.0 Å². The third kappa shape index (κ3) is 6.79. The van der Waals surface area contributed by atoms with E-state index in [4.69, 9.17) is 9.57 Å². The van der Waals surface area contributed by atoms with Gasteiger partial charge in [0.05, 0.1) is 0 Å². The van der Waals surface area contributed by atoms with Crippen LogP contribution in [0.2, 0.25) is 0 Å². The number of nitrogens with zero attached hydrogens (tertiary/aromatic N) is 2. The zero-order valence-electron chi connectivity index (χ0n) is 17.9. The van der Waals surface area contributed by atoms with Crippen molar-refractivity contribution in [1.82, 2.24) is 4.98 Å². The van der Waals surface area contributed by atoms with E-state index in [1.54, 1.807) is 48.5 Å². The molecule has 1 heterocycles. The Labute approximate surface area is 204 Å². The molecule has 0 fully saturated rings. The van der Waals surface area contributed by atoms with E-state index < -0.39 is 53.3 Å². The number of halogens is 3. The zero-order chi connectivity index (χ0) is 26.3. The molecule has 10 nitrogen and oxygen atoms in total. The molecule has 0 aliphatic heterocycles. The first-order chi connectivity index (χ1) is 17.1. The highest BCUT2D eigenvalue weighted by atomic mass is 32.1. The van der Waals surface area contributed by atoms with Gasteiger partial charge in [-0.3, -0.25) is 10.1 Å². The first-order valence-electron chi connectivity index (χ1n) is 9.86. The molecule has 0 saturated carbocycles. The van der Waals surface area contributed by atoms with Crippen molar-refractivity contribution >= 4 is 40.0 Å². The number of hydrogen-bond acceptors (Lipinski definition) is 9. The van der Waals surface area contributed by atoms with E-state index in [2.05, 4.69) is 10.1 Å². The number of para-hydroxylation sites is 1. The summed E-state index contributed by atoms with van der Waals surface area (Å²) in [5.41, 5.74) is -0.401. The molecule has 3 N–H and O–H groups in total. The number of ether oxygens (including phenoxy) is 1. The van der Waals surface area contributed by atoms with Crippen molar-refractivity contribution in [3.8, 4) is 5.75 Å². The Morgan fingerprint density at radius 2 is 1.75 bits per heavy atom. The number of carbonyl (C=O) groups excluding carboxylic acids is 2. The third-order valence-electron chi connectivity index (χ3n) is 4.34. The molecule has 36 heavy (non-hydrogen) atoms. The Kier molecular flexibility index (Phi) is 8.22. The second-order valence-corrected chi connectivity index (χ2v) is 7.71. The molecule has 188 valence electrons. The average Bonchev–Trinajstić information content (AvgIpc) is 3.28. The first kappa shape index (κ1) is 26.2. The van der Waals surface area contributed by atoms with E-state index in [0.29, 0.717) is 22.5 Å². The lowest BCUT2D eigenvalue weighted by Crippen LogP contribution is -2.29. The van der Waals surface area contributed by atoms with E-state index in [-0.39, 0.29) is 5.75 Å². The second-order valence-electron chi connectivity index (χ2n) is 6.85. The van der Waals surface area contributed by atoms with Crippen molar-refractivity contribution in [3.05, 3.63) is 76.8 Å². The van der Waals surface area contributed by atoms with Gasteiger partial charge in [0.15, 0.2) is 11.2 Å². The molecular weight excluding hydrogens is 507 g/mol. The van der Waals surface area contributed by atoms with E-state index in [1.165, 1.54) is 11.4 Å². The number of aromatic nitrogens is 1. The van der Waals surface area contributed by atoms with Crippen molar-refractivity contribution in [1.29, 1.82) is 0 Å².